The van der Waals surface area contributed by atoms with E-state index in [9.17, 15) is 9.90 Å². The Morgan fingerprint density at radius 2 is 1.81 bits per heavy atom. The molecule has 0 aliphatic rings. The first-order valence-electron chi connectivity index (χ1n) is 6.45. The first-order chi connectivity index (χ1) is 10.2. The molecule has 21 heavy (non-hydrogen) atoms. The van der Waals surface area contributed by atoms with Crippen molar-refractivity contribution in [3.05, 3.63) is 65.7 Å². The van der Waals surface area contributed by atoms with Gasteiger partial charge in [0, 0.05) is 21.8 Å². The summed E-state index contributed by atoms with van der Waals surface area (Å²) in [6, 6.07) is 17.1. The normalized spacial score (nSPS) is 11.2. The number of methoxy groups -OCH3 is 1. The monoisotopic (exact) mass is 300 g/mol. The summed E-state index contributed by atoms with van der Waals surface area (Å²) in [6.07, 6.45) is 1.66. The van der Waals surface area contributed by atoms with E-state index < -0.39 is 5.97 Å². The number of benzene rings is 2. The van der Waals surface area contributed by atoms with E-state index >= 15 is 0 Å². The number of carboxylic acids is 1. The van der Waals surface area contributed by atoms with Crippen molar-refractivity contribution in [3.63, 3.8) is 0 Å². The summed E-state index contributed by atoms with van der Waals surface area (Å²) >= 11 is 1.50. The van der Waals surface area contributed by atoms with Crippen LogP contribution in [0.15, 0.2) is 65.1 Å². The fourth-order valence-electron chi connectivity index (χ4n) is 1.82. The molecule has 4 heteroatoms. The average molecular weight is 300 g/mol. The van der Waals surface area contributed by atoms with Gasteiger partial charge in [0.05, 0.1) is 7.11 Å². The van der Waals surface area contributed by atoms with Crippen LogP contribution in [0.25, 0.3) is 6.08 Å². The molecular weight excluding hydrogens is 284 g/mol. The molecule has 0 aliphatic heterocycles. The Balaban J connectivity index is 2.19. The molecule has 0 fully saturated rings. The molecule has 0 bridgehead atoms. The number of rotatable bonds is 6. The second-order valence-electron chi connectivity index (χ2n) is 4.32. The molecule has 0 amide bonds. The number of hydrogen-bond donors (Lipinski definition) is 1. The van der Waals surface area contributed by atoms with Crippen LogP contribution in [0.3, 0.4) is 0 Å². The van der Waals surface area contributed by atoms with Crippen LogP contribution in [0.1, 0.15) is 5.56 Å². The highest BCUT2D eigenvalue weighted by Crippen LogP contribution is 2.24. The molecule has 3 nitrogen and oxygen atoms in total. The first kappa shape index (κ1) is 15.2. The summed E-state index contributed by atoms with van der Waals surface area (Å²) in [4.78, 5) is 12.4. The van der Waals surface area contributed by atoms with E-state index in [2.05, 4.69) is 0 Å². The van der Waals surface area contributed by atoms with E-state index in [1.807, 2.05) is 54.6 Å². The zero-order valence-corrected chi connectivity index (χ0v) is 12.5. The fraction of sp³-hybridized carbons (Fsp3) is 0.118. The minimum absolute atomic E-state index is 0.341. The number of ether oxygens (including phenoxy) is 1. The highest BCUT2D eigenvalue weighted by Gasteiger charge is 2.10. The van der Waals surface area contributed by atoms with Gasteiger partial charge in [-0.3, -0.25) is 0 Å². The Kier molecular flexibility index (Phi) is 5.46. The first-order valence-corrected chi connectivity index (χ1v) is 7.44. The lowest BCUT2D eigenvalue weighted by Gasteiger charge is -2.07. The Morgan fingerprint density at radius 1 is 1.14 bits per heavy atom. The summed E-state index contributed by atoms with van der Waals surface area (Å²) in [5.41, 5.74) is 1.11. The third-order valence-electron chi connectivity index (χ3n) is 2.88. The minimum Gasteiger partial charge on any atom is -0.496 e. The SMILES string of the molecule is COc1ccccc1/C=C(\CSc1ccccc1)C(=O)O. The Morgan fingerprint density at radius 3 is 2.48 bits per heavy atom. The van der Waals surface area contributed by atoms with Gasteiger partial charge in [-0.25, -0.2) is 4.79 Å². The van der Waals surface area contributed by atoms with E-state index in [1.165, 1.54) is 11.8 Å². The molecule has 0 radical (unpaired) electrons. The van der Waals surface area contributed by atoms with Crippen molar-refractivity contribution in [2.75, 3.05) is 12.9 Å². The molecule has 0 heterocycles. The Labute approximate surface area is 128 Å². The predicted octanol–water partition coefficient (Wildman–Crippen LogP) is 3.96. The molecule has 2 aromatic carbocycles. The summed E-state index contributed by atoms with van der Waals surface area (Å²) < 4.78 is 5.24. The van der Waals surface area contributed by atoms with Gasteiger partial charge in [-0.05, 0) is 24.3 Å². The standard InChI is InChI=1S/C17H16O3S/c1-20-16-10-6-5-7-13(16)11-14(17(18)19)12-21-15-8-3-2-4-9-15/h2-11H,12H2,1H3,(H,18,19)/b14-11+. The van der Waals surface area contributed by atoms with Crippen LogP contribution in [0.4, 0.5) is 0 Å². The zero-order valence-electron chi connectivity index (χ0n) is 11.7. The van der Waals surface area contributed by atoms with Gasteiger partial charge < -0.3 is 9.84 Å². The molecule has 2 aromatic rings. The predicted molar refractivity (Wildman–Crippen MR) is 85.8 cm³/mol. The number of carboxylic acid groups (broad SMARTS) is 1. The van der Waals surface area contributed by atoms with Gasteiger partial charge >= 0.3 is 5.97 Å². The van der Waals surface area contributed by atoms with Crippen LogP contribution < -0.4 is 4.74 Å². The van der Waals surface area contributed by atoms with Crippen molar-refractivity contribution in [3.8, 4) is 5.75 Å². The van der Waals surface area contributed by atoms with E-state index in [0.717, 1.165) is 10.5 Å². The maximum Gasteiger partial charge on any atom is 0.332 e. The second-order valence-corrected chi connectivity index (χ2v) is 5.37. The number of thioether (sulfide) groups is 1. The molecular formula is C17H16O3S. The smallest absolute Gasteiger partial charge is 0.332 e. The van der Waals surface area contributed by atoms with Gasteiger partial charge in [0.15, 0.2) is 0 Å². The Bertz CT molecular complexity index is 635. The molecule has 2 rings (SSSR count). The van der Waals surface area contributed by atoms with Crippen LogP contribution in [-0.4, -0.2) is 23.9 Å². The molecule has 0 atom stereocenters. The summed E-state index contributed by atoms with van der Waals surface area (Å²) in [7, 11) is 1.58. The molecule has 0 aliphatic carbocycles. The molecule has 0 unspecified atom stereocenters. The van der Waals surface area contributed by atoms with Gasteiger partial charge in [-0.1, -0.05) is 36.4 Å². The van der Waals surface area contributed by atoms with E-state index in [1.54, 1.807) is 13.2 Å². The third-order valence-corrected chi connectivity index (χ3v) is 3.94. The minimum atomic E-state index is -0.913. The van der Waals surface area contributed by atoms with Crippen LogP contribution in [0, 0.1) is 0 Å². The number of para-hydroxylation sites is 1. The van der Waals surface area contributed by atoms with Crippen molar-refractivity contribution in [2.45, 2.75) is 4.90 Å². The van der Waals surface area contributed by atoms with Crippen LogP contribution in [0.2, 0.25) is 0 Å². The van der Waals surface area contributed by atoms with E-state index in [0.29, 0.717) is 17.1 Å². The lowest BCUT2D eigenvalue weighted by molar-refractivity contribution is -0.132. The Hall–Kier alpha value is -2.20. The van der Waals surface area contributed by atoms with Crippen molar-refractivity contribution >= 4 is 23.8 Å². The van der Waals surface area contributed by atoms with Crippen molar-refractivity contribution in [1.82, 2.24) is 0 Å². The van der Waals surface area contributed by atoms with Gasteiger partial charge in [-0.15, -0.1) is 11.8 Å². The van der Waals surface area contributed by atoms with Gasteiger partial charge in [0.25, 0.3) is 0 Å². The van der Waals surface area contributed by atoms with Gasteiger partial charge in [0.2, 0.25) is 0 Å². The largest absolute Gasteiger partial charge is 0.496 e. The molecule has 108 valence electrons. The number of hydrogen-bond acceptors (Lipinski definition) is 3. The zero-order chi connectivity index (χ0) is 15.1. The molecule has 1 N–H and O–H groups in total. The van der Waals surface area contributed by atoms with Crippen molar-refractivity contribution in [1.29, 1.82) is 0 Å². The van der Waals surface area contributed by atoms with Crippen LogP contribution in [-0.2, 0) is 4.79 Å². The second kappa shape index (κ2) is 7.55. The number of carbonyl (C=O) groups is 1. The number of aliphatic carboxylic acids is 1. The summed E-state index contributed by atoms with van der Waals surface area (Å²) in [5, 5.41) is 9.35. The lowest BCUT2D eigenvalue weighted by Crippen LogP contribution is -2.03. The summed E-state index contributed by atoms with van der Waals surface area (Å²) in [6.45, 7) is 0. The van der Waals surface area contributed by atoms with Crippen molar-refractivity contribution < 1.29 is 14.6 Å². The van der Waals surface area contributed by atoms with Crippen LogP contribution in [0.5, 0.6) is 5.75 Å². The lowest BCUT2D eigenvalue weighted by atomic mass is 10.1. The average Bonchev–Trinajstić information content (AvgIpc) is 2.52. The topological polar surface area (TPSA) is 46.5 Å². The fourth-order valence-corrected chi connectivity index (χ4v) is 2.69. The maximum atomic E-state index is 11.4. The van der Waals surface area contributed by atoms with E-state index in [-0.39, 0.29) is 0 Å². The summed E-state index contributed by atoms with van der Waals surface area (Å²) in [5.74, 6) is 0.155. The van der Waals surface area contributed by atoms with Gasteiger partial charge in [-0.2, -0.15) is 0 Å². The highest BCUT2D eigenvalue weighted by molar-refractivity contribution is 7.99. The quantitative estimate of drug-likeness (QED) is 0.648. The third kappa shape index (κ3) is 4.39. The van der Waals surface area contributed by atoms with E-state index in [4.69, 9.17) is 4.74 Å². The molecule has 0 saturated heterocycles. The van der Waals surface area contributed by atoms with Gasteiger partial charge in [0.1, 0.15) is 5.75 Å². The molecule has 0 spiro atoms. The van der Waals surface area contributed by atoms with Crippen LogP contribution >= 0.6 is 11.8 Å². The molecule has 0 saturated carbocycles. The molecule has 0 aromatic heterocycles. The maximum absolute atomic E-state index is 11.4. The van der Waals surface area contributed by atoms with Crippen molar-refractivity contribution in [2.24, 2.45) is 0 Å². The highest BCUT2D eigenvalue weighted by atomic mass is 32.2.